The Kier molecular flexibility index (Phi) is 42.3. The fraction of sp³-hybridized carbons (Fsp3) is 0. The molecular formula is H10NaO7P. The topological polar surface area (TPSA) is 172 Å². The number of rotatable bonds is 0. The van der Waals surface area contributed by atoms with Crippen LogP contribution in [0.15, 0.2) is 0 Å². The Morgan fingerprint density at radius 3 is 0.889 bits per heavy atom. The fourth-order valence-electron chi connectivity index (χ4n) is 0. The van der Waals surface area contributed by atoms with E-state index in [9.17, 15) is 0 Å². The van der Waals surface area contributed by atoms with E-state index in [0.29, 0.717) is 0 Å². The quantitative estimate of drug-likeness (QED) is 0.251. The molecule has 58 valence electrons. The summed E-state index contributed by atoms with van der Waals surface area (Å²) < 4.78 is 8.88. The van der Waals surface area contributed by atoms with E-state index in [1.165, 1.54) is 0 Å². The average molecular weight is 176 g/mol. The summed E-state index contributed by atoms with van der Waals surface area (Å²) in [5, 5.41) is 0. The molecule has 0 fully saturated rings. The van der Waals surface area contributed by atoms with Crippen LogP contribution >= 0.6 is 7.82 Å². The molecule has 0 aromatic carbocycles. The first-order valence-corrected chi connectivity index (χ1v) is 2.35. The Morgan fingerprint density at radius 2 is 0.889 bits per heavy atom. The molecular weight excluding hydrogens is 166 g/mol. The van der Waals surface area contributed by atoms with E-state index in [-0.39, 0.29) is 46.0 Å². The van der Waals surface area contributed by atoms with E-state index in [4.69, 9.17) is 19.2 Å². The van der Waals surface area contributed by atoms with Crippen LogP contribution in [0.1, 0.15) is 0 Å². The van der Waals surface area contributed by atoms with Crippen molar-refractivity contribution in [3.8, 4) is 0 Å². The molecule has 0 unspecified atom stereocenters. The van der Waals surface area contributed by atoms with Gasteiger partial charge in [-0.05, 0) is 0 Å². The fourth-order valence-corrected chi connectivity index (χ4v) is 0. The van der Waals surface area contributed by atoms with Crippen molar-refractivity contribution in [1.29, 1.82) is 0 Å². The third-order valence-electron chi connectivity index (χ3n) is 0. The molecule has 0 aliphatic carbocycles. The van der Waals surface area contributed by atoms with Gasteiger partial charge >= 0.3 is 37.4 Å². The monoisotopic (exact) mass is 176 g/mol. The van der Waals surface area contributed by atoms with Gasteiger partial charge in [-0.3, -0.25) is 0 Å². The third-order valence-corrected chi connectivity index (χ3v) is 0. The normalized spacial score (nSPS) is 6.56. The van der Waals surface area contributed by atoms with Gasteiger partial charge in [-0.2, -0.15) is 0 Å². The van der Waals surface area contributed by atoms with Gasteiger partial charge in [-0.15, -0.1) is 0 Å². The van der Waals surface area contributed by atoms with Crippen LogP contribution in [0.5, 0.6) is 0 Å². The second kappa shape index (κ2) is 11.7. The Hall–Kier alpha value is 0.990. The van der Waals surface area contributed by atoms with Gasteiger partial charge in [0.25, 0.3) is 0 Å². The zero-order valence-corrected chi connectivity index (χ0v) is 4.59. The van der Waals surface area contributed by atoms with Crippen LogP contribution in [0.3, 0.4) is 0 Å². The molecule has 0 aliphatic heterocycles. The van der Waals surface area contributed by atoms with Gasteiger partial charge in [0, 0.05) is 0 Å². The van der Waals surface area contributed by atoms with E-state index >= 15 is 0 Å². The van der Waals surface area contributed by atoms with E-state index in [0.717, 1.165) is 0 Å². The van der Waals surface area contributed by atoms with Crippen LogP contribution in [0.25, 0.3) is 0 Å². The SMILES string of the molecule is O.O.O.O=P(O)(O)O.[NaH]. The zero-order valence-electron chi connectivity index (χ0n) is 3.70. The second-order valence-corrected chi connectivity index (χ2v) is 1.54. The summed E-state index contributed by atoms with van der Waals surface area (Å²) in [4.78, 5) is 21.6. The number of hydrogen-bond acceptors (Lipinski definition) is 1. The van der Waals surface area contributed by atoms with Gasteiger partial charge in [0.1, 0.15) is 0 Å². The van der Waals surface area contributed by atoms with Crippen molar-refractivity contribution in [2.24, 2.45) is 0 Å². The molecule has 0 atom stereocenters. The van der Waals surface area contributed by atoms with Gasteiger partial charge < -0.3 is 31.1 Å². The Labute approximate surface area is 73.2 Å². The van der Waals surface area contributed by atoms with Crippen molar-refractivity contribution in [1.82, 2.24) is 0 Å². The molecule has 0 aromatic heterocycles. The van der Waals surface area contributed by atoms with E-state index in [2.05, 4.69) is 0 Å². The number of phosphoric acid groups is 1. The molecule has 0 amide bonds. The average Bonchev–Trinajstić information content (AvgIpc) is 0.722. The van der Waals surface area contributed by atoms with Crippen molar-refractivity contribution in [3.05, 3.63) is 0 Å². The van der Waals surface area contributed by atoms with Crippen molar-refractivity contribution in [2.45, 2.75) is 0 Å². The van der Waals surface area contributed by atoms with Crippen LogP contribution in [-0.4, -0.2) is 60.7 Å². The zero-order chi connectivity index (χ0) is 4.50. The number of hydrogen-bond donors (Lipinski definition) is 3. The third kappa shape index (κ3) is 448. The molecule has 0 bridgehead atoms. The molecule has 0 aromatic rings. The van der Waals surface area contributed by atoms with Gasteiger partial charge in [0.2, 0.25) is 0 Å². The first-order valence-electron chi connectivity index (χ1n) is 0.783. The summed E-state index contributed by atoms with van der Waals surface area (Å²) in [5.41, 5.74) is 0. The maximum absolute atomic E-state index is 8.88. The molecule has 7 nitrogen and oxygen atoms in total. The summed E-state index contributed by atoms with van der Waals surface area (Å²) in [5.74, 6) is 0. The summed E-state index contributed by atoms with van der Waals surface area (Å²) in [6, 6.07) is 0. The standard InChI is InChI=1S/Na.H3O4P.3H2O.H/c;1-5(2,3)4;;;;/h;(H3,1,2,3,4);3*1H2;. The van der Waals surface area contributed by atoms with Crippen LogP contribution in [0.4, 0.5) is 0 Å². The molecule has 0 rings (SSSR count). The summed E-state index contributed by atoms with van der Waals surface area (Å²) in [7, 11) is -4.64. The summed E-state index contributed by atoms with van der Waals surface area (Å²) >= 11 is 0. The summed E-state index contributed by atoms with van der Waals surface area (Å²) in [6.07, 6.45) is 0. The van der Waals surface area contributed by atoms with E-state index in [1.807, 2.05) is 0 Å². The second-order valence-electron chi connectivity index (χ2n) is 0.513. The molecule has 0 saturated heterocycles. The predicted octanol–water partition coefficient (Wildman–Crippen LogP) is -4.05. The first-order chi connectivity index (χ1) is 2.00. The molecule has 9 heteroatoms. The molecule has 0 radical (unpaired) electrons. The van der Waals surface area contributed by atoms with Crippen LogP contribution in [0, 0.1) is 0 Å². The van der Waals surface area contributed by atoms with Crippen molar-refractivity contribution in [3.63, 3.8) is 0 Å². The van der Waals surface area contributed by atoms with E-state index in [1.54, 1.807) is 0 Å². The molecule has 0 saturated carbocycles. The van der Waals surface area contributed by atoms with Crippen molar-refractivity contribution < 1.29 is 35.7 Å². The Morgan fingerprint density at radius 1 is 0.889 bits per heavy atom. The Bertz CT molecular complexity index is 55.1. The van der Waals surface area contributed by atoms with Gasteiger partial charge in [-0.1, -0.05) is 0 Å². The van der Waals surface area contributed by atoms with Crippen molar-refractivity contribution >= 4 is 37.4 Å². The Balaban J connectivity index is -0.0000000133. The van der Waals surface area contributed by atoms with Crippen LogP contribution in [-0.2, 0) is 4.57 Å². The van der Waals surface area contributed by atoms with Gasteiger partial charge in [0.05, 0.1) is 0 Å². The molecule has 9 heavy (non-hydrogen) atoms. The van der Waals surface area contributed by atoms with Crippen LogP contribution in [0.2, 0.25) is 0 Å². The van der Waals surface area contributed by atoms with Crippen LogP contribution < -0.4 is 0 Å². The minimum atomic E-state index is -4.64. The molecule has 9 N–H and O–H groups in total. The molecule has 0 spiro atoms. The van der Waals surface area contributed by atoms with Crippen molar-refractivity contribution in [2.75, 3.05) is 0 Å². The van der Waals surface area contributed by atoms with Gasteiger partial charge in [-0.25, -0.2) is 4.57 Å². The minimum absolute atomic E-state index is 0. The van der Waals surface area contributed by atoms with Gasteiger partial charge in [0.15, 0.2) is 0 Å². The first kappa shape index (κ1) is 32.4. The molecule has 0 aliphatic rings. The summed E-state index contributed by atoms with van der Waals surface area (Å²) in [6.45, 7) is 0. The maximum atomic E-state index is 8.88. The predicted molar refractivity (Wildman–Crippen MR) is 32.3 cm³/mol. The molecule has 0 heterocycles. The van der Waals surface area contributed by atoms with E-state index < -0.39 is 7.82 Å².